The summed E-state index contributed by atoms with van der Waals surface area (Å²) in [5, 5.41) is 29.8. The Kier molecular flexibility index (Phi) is 16.3. The topological polar surface area (TPSA) is 231 Å². The Morgan fingerprint density at radius 3 is 1.68 bits per heavy atom. The van der Waals surface area contributed by atoms with Crippen LogP contribution in [0.4, 0.5) is 9.59 Å². The van der Waals surface area contributed by atoms with Crippen LogP contribution in [0, 0.1) is 58.3 Å². The zero-order valence-corrected chi connectivity index (χ0v) is 46.6. The Hall–Kier alpha value is -6.05. The number of urea groups is 2. The summed E-state index contributed by atoms with van der Waals surface area (Å²) in [5.74, 6) is 0.847. The van der Waals surface area contributed by atoms with Gasteiger partial charge >= 0.3 is 38.2 Å². The number of nitrogens with zero attached hydrogens (tertiary/aromatic N) is 3. The number of nitrogens with one attached hydrogen (secondary N) is 4. The highest BCUT2D eigenvalue weighted by Gasteiger charge is 2.70. The quantitative estimate of drug-likeness (QED) is 0.0589. The van der Waals surface area contributed by atoms with Crippen LogP contribution in [0.25, 0.3) is 26.8 Å². The second-order valence-electron chi connectivity index (χ2n) is 25.1. The van der Waals surface area contributed by atoms with Gasteiger partial charge in [-0.3, -0.25) is 9.59 Å². The minimum atomic E-state index is -1.07. The molecule has 10 fully saturated rings. The number of nitriles is 1. The van der Waals surface area contributed by atoms with E-state index in [0.717, 1.165) is 71.7 Å². The number of para-hydroxylation sites is 2. The second kappa shape index (κ2) is 22.8. The lowest BCUT2D eigenvalue weighted by molar-refractivity contribution is -0.199. The van der Waals surface area contributed by atoms with Gasteiger partial charge in [0.15, 0.2) is 0 Å². The molecule has 3 aliphatic heterocycles. The Morgan fingerprint density at radius 2 is 1.23 bits per heavy atom. The van der Waals surface area contributed by atoms with Gasteiger partial charge in [-0.05, 0) is 142 Å². The van der Waals surface area contributed by atoms with E-state index in [2.05, 4.69) is 73.7 Å². The number of furan rings is 2. The van der Waals surface area contributed by atoms with E-state index in [1.807, 2.05) is 42.5 Å². The summed E-state index contributed by atoms with van der Waals surface area (Å²) in [6, 6.07) is 16.8. The summed E-state index contributed by atoms with van der Waals surface area (Å²) in [4.78, 5) is 52.8. The first-order valence-corrected chi connectivity index (χ1v) is 28.7. The highest BCUT2D eigenvalue weighted by atomic mass is 16.7. The van der Waals surface area contributed by atoms with E-state index in [9.17, 15) is 19.2 Å². The van der Waals surface area contributed by atoms with Gasteiger partial charge in [0.05, 0.1) is 53.9 Å². The summed E-state index contributed by atoms with van der Waals surface area (Å²) < 4.78 is 38.2. The number of hydrogen-bond acceptors (Lipinski definition) is 11. The van der Waals surface area contributed by atoms with Gasteiger partial charge in [-0.1, -0.05) is 76.9 Å². The predicted molar refractivity (Wildman–Crippen MR) is 297 cm³/mol. The van der Waals surface area contributed by atoms with E-state index in [0.29, 0.717) is 55.5 Å². The molecule has 5 heterocycles. The van der Waals surface area contributed by atoms with E-state index in [1.165, 1.54) is 38.2 Å². The van der Waals surface area contributed by atoms with Crippen molar-refractivity contribution in [3.63, 3.8) is 0 Å². The largest absolute Gasteiger partial charge is 0.482 e. The van der Waals surface area contributed by atoms with Crippen LogP contribution in [0.3, 0.4) is 0 Å². The first kappa shape index (κ1) is 56.2. The molecule has 14 rings (SSSR count). The molecule has 10 aliphatic rings. The molecule has 0 spiro atoms. The zero-order chi connectivity index (χ0) is 55.9. The number of rotatable bonds is 14. The number of carboxylic acids is 1. The van der Waals surface area contributed by atoms with E-state index < -0.39 is 32.6 Å². The number of fused-ring (bicyclic) bond motifs is 2. The minimum absolute atomic E-state index is 0.00763. The lowest BCUT2D eigenvalue weighted by Gasteiger charge is -2.64. The molecule has 4 bridgehead atoms. The smallest absolute Gasteiger partial charge is 0.480 e. The SMILES string of the molecule is CC1(C)[C@@H]2C[C@H]3OB([C@H](Cc4coc5ccccc45)NC(=O)NCC4CCCC4)O[C@@]3(C)[C@H]1C2.N#CCC(=O)O.[C-]#[N+]CC(=O)N1CCC[C@@H]1CNC(=O)N[C@@H](Cc1coc2ccccc12)B1O[C@@H]2C[C@@H]3C[C@@H](C3(C)C)[C@]2(C)O1. The standard InChI is InChI=1S/C29H37BN4O5.C27H37BN2O4.C3H3NO2/c1-28(2)19-13-23(28)29(3)24(14-19)38-30(39-29)25(12-18-17-37-22-10-6-5-9-21(18)22)33-27(36)32-15-20-8-7-11-34(20)26(35)16-31-4;1-26(2)19-13-22(26)27(3)23(14-19)33-28(34-27)24(30-25(31)29-15-17-8-4-5-9-17)12-18-16-32-21-11-7-6-10-20(18)21;4-2-1-3(5)6/h5-6,9-10,17,19-20,23-25H,7-8,11-16H2,1-3H3,(H2,32,33,36);6-7,10-11,16-17,19,22-24H,4-5,8-9,12-15H2,1-3H3,(H2,29,30,31);1H2,(H,5,6)/t19-,20+,23-,24+,25-,29-;19-,22-,23+,24-,27-;/m00./s1. The highest BCUT2D eigenvalue weighted by Crippen LogP contribution is 2.67. The maximum atomic E-state index is 13.2. The van der Waals surface area contributed by atoms with Crippen LogP contribution < -0.4 is 21.3 Å². The van der Waals surface area contributed by atoms with Gasteiger partial charge in [-0.15, -0.1) is 0 Å². The summed E-state index contributed by atoms with van der Waals surface area (Å²) in [6.07, 6.45) is 15.3. The number of carbonyl (C=O) groups is 4. The average molecular weight is 1080 g/mol. The maximum absolute atomic E-state index is 13.2. The lowest BCUT2D eigenvalue weighted by atomic mass is 9.43. The Labute approximate surface area is 464 Å². The molecule has 5 N–H and O–H groups in total. The molecule has 18 nitrogen and oxygen atoms in total. The monoisotopic (exact) mass is 1080 g/mol. The fourth-order valence-electron chi connectivity index (χ4n) is 15.1. The van der Waals surface area contributed by atoms with Crippen LogP contribution >= 0.6 is 0 Å². The summed E-state index contributed by atoms with van der Waals surface area (Å²) in [6.45, 7) is 22.4. The number of likely N-dealkylation sites (tertiary alicyclic amines) is 1. The molecule has 7 aliphatic carbocycles. The number of amides is 5. The van der Waals surface area contributed by atoms with E-state index in [1.54, 1.807) is 17.4 Å². The van der Waals surface area contributed by atoms with Crippen molar-refractivity contribution in [2.45, 2.75) is 166 Å². The molecule has 2 aromatic heterocycles. The van der Waals surface area contributed by atoms with Crippen molar-refractivity contribution >= 4 is 60.1 Å². The third-order valence-corrected chi connectivity index (χ3v) is 19.9. The van der Waals surface area contributed by atoms with Crippen LogP contribution in [-0.4, -0.2) is 116 Å². The molecule has 5 amide bonds. The van der Waals surface area contributed by atoms with Gasteiger partial charge in [-0.2, -0.15) is 5.26 Å². The number of hydrogen-bond donors (Lipinski definition) is 5. The molecule has 0 unspecified atom stereocenters. The van der Waals surface area contributed by atoms with Crippen LogP contribution in [0.5, 0.6) is 0 Å². The van der Waals surface area contributed by atoms with E-state index in [-0.39, 0.29) is 70.7 Å². The van der Waals surface area contributed by atoms with Crippen molar-refractivity contribution in [2.75, 3.05) is 26.2 Å². The number of benzene rings is 2. The summed E-state index contributed by atoms with van der Waals surface area (Å²) in [7, 11) is -1.06. The van der Waals surface area contributed by atoms with E-state index in [4.69, 9.17) is 44.4 Å². The lowest BCUT2D eigenvalue weighted by Crippen LogP contribution is -2.65. The molecule has 79 heavy (non-hydrogen) atoms. The highest BCUT2D eigenvalue weighted by molar-refractivity contribution is 6.48. The number of carboxylic acid groups (broad SMARTS) is 1. The second-order valence-corrected chi connectivity index (χ2v) is 25.1. The molecular weight excluding hydrogens is 1000 g/mol. The maximum Gasteiger partial charge on any atom is 0.482 e. The molecule has 420 valence electrons. The zero-order valence-electron chi connectivity index (χ0n) is 46.6. The van der Waals surface area contributed by atoms with Gasteiger partial charge in [0.1, 0.15) is 17.6 Å². The summed E-state index contributed by atoms with van der Waals surface area (Å²) >= 11 is 0. The van der Waals surface area contributed by atoms with Crippen LogP contribution in [0.2, 0.25) is 0 Å². The first-order chi connectivity index (χ1) is 37.8. The molecule has 0 radical (unpaired) electrons. The third kappa shape index (κ3) is 11.2. The molecule has 11 atom stereocenters. The van der Waals surface area contributed by atoms with Crippen LogP contribution in [-0.2, 0) is 41.0 Å². The minimum Gasteiger partial charge on any atom is -0.480 e. The molecule has 3 saturated heterocycles. The first-order valence-electron chi connectivity index (χ1n) is 28.7. The van der Waals surface area contributed by atoms with Gasteiger partial charge in [-0.25, -0.2) is 16.2 Å². The molecule has 2 aromatic carbocycles. The predicted octanol–water partition coefficient (Wildman–Crippen LogP) is 8.91. The fourth-order valence-corrected chi connectivity index (χ4v) is 15.1. The van der Waals surface area contributed by atoms with Gasteiger partial charge in [0, 0.05) is 36.4 Å². The average Bonchev–Trinajstić information content (AvgIpc) is 3.28. The van der Waals surface area contributed by atoms with Gasteiger partial charge < -0.3 is 63.6 Å². The normalized spacial score (nSPS) is 30.1. The fraction of sp³-hybridized carbons (Fsp3) is 0.627. The van der Waals surface area contributed by atoms with Crippen molar-refractivity contribution in [3.05, 3.63) is 83.6 Å². The van der Waals surface area contributed by atoms with Gasteiger partial charge in [0.2, 0.25) is 0 Å². The third-order valence-electron chi connectivity index (χ3n) is 19.9. The molecule has 7 saturated carbocycles. The Balaban J connectivity index is 0.000000163. The molecular formula is C59H77B2N7O11. The van der Waals surface area contributed by atoms with Crippen molar-refractivity contribution in [3.8, 4) is 6.07 Å². The van der Waals surface area contributed by atoms with Gasteiger partial charge in [0.25, 0.3) is 6.54 Å². The van der Waals surface area contributed by atoms with Crippen molar-refractivity contribution in [2.24, 2.45) is 40.4 Å². The van der Waals surface area contributed by atoms with Crippen molar-refractivity contribution in [1.29, 1.82) is 5.26 Å². The van der Waals surface area contributed by atoms with Crippen LogP contribution in [0.1, 0.15) is 123 Å². The van der Waals surface area contributed by atoms with Crippen LogP contribution in [0.15, 0.2) is 69.9 Å². The number of carbonyl (C=O) groups excluding carboxylic acids is 3. The van der Waals surface area contributed by atoms with E-state index >= 15 is 0 Å². The Morgan fingerprint density at radius 1 is 0.734 bits per heavy atom. The van der Waals surface area contributed by atoms with Crippen molar-refractivity contribution < 1.29 is 51.7 Å². The molecule has 4 aromatic rings. The Bertz CT molecular complexity index is 2970. The number of aliphatic carboxylic acids is 1. The van der Waals surface area contributed by atoms with Crippen molar-refractivity contribution in [1.82, 2.24) is 26.2 Å². The summed E-state index contributed by atoms with van der Waals surface area (Å²) in [5.41, 5.74) is 3.53. The molecule has 20 heteroatoms.